The molecular formula is C13H15N3O7S3. The van der Waals surface area contributed by atoms with Crippen LogP contribution in [0.2, 0.25) is 0 Å². The van der Waals surface area contributed by atoms with E-state index in [1.165, 1.54) is 25.3 Å². The molecule has 10 nitrogen and oxygen atoms in total. The topological polar surface area (TPSA) is 176 Å². The summed E-state index contributed by atoms with van der Waals surface area (Å²) in [4.78, 5) is -1.18. The summed E-state index contributed by atoms with van der Waals surface area (Å²) in [5.74, 6) is -0.0633. The first-order chi connectivity index (χ1) is 11.8. The van der Waals surface area contributed by atoms with E-state index in [4.69, 9.17) is 15.0 Å². The highest BCUT2D eigenvalue weighted by atomic mass is 32.2. The zero-order valence-electron chi connectivity index (χ0n) is 13.3. The molecule has 0 spiro atoms. The normalized spacial score (nSPS) is 12.6. The Bertz CT molecular complexity index is 1160. The Labute approximate surface area is 150 Å². The third-order valence-corrected chi connectivity index (χ3v) is 6.39. The van der Waals surface area contributed by atoms with Gasteiger partial charge >= 0.3 is 0 Å². The van der Waals surface area contributed by atoms with Crippen LogP contribution in [0.3, 0.4) is 0 Å². The summed E-state index contributed by atoms with van der Waals surface area (Å²) in [6.45, 7) is 0. The minimum atomic E-state index is -4.22. The summed E-state index contributed by atoms with van der Waals surface area (Å²) < 4.78 is 77.8. The molecule has 0 atom stereocenters. The molecule has 0 aromatic heterocycles. The van der Waals surface area contributed by atoms with Crippen molar-refractivity contribution in [3.63, 3.8) is 0 Å². The predicted octanol–water partition coefficient (Wildman–Crippen LogP) is -0.209. The Hall–Kier alpha value is -2.19. The van der Waals surface area contributed by atoms with Gasteiger partial charge < -0.3 is 4.74 Å². The summed E-state index contributed by atoms with van der Waals surface area (Å²) in [5.41, 5.74) is -0.115. The first-order valence-corrected chi connectivity index (χ1v) is 11.3. The average Bonchev–Trinajstić information content (AvgIpc) is 2.53. The van der Waals surface area contributed by atoms with Gasteiger partial charge in [0, 0.05) is 0 Å². The van der Waals surface area contributed by atoms with Gasteiger partial charge in [0.1, 0.15) is 10.6 Å². The van der Waals surface area contributed by atoms with Crippen molar-refractivity contribution in [3.8, 4) is 5.75 Å². The number of nitrogens with two attached hydrogens (primary N) is 2. The van der Waals surface area contributed by atoms with Gasteiger partial charge in [0.2, 0.25) is 20.0 Å². The lowest BCUT2D eigenvalue weighted by molar-refractivity contribution is 0.403. The second-order valence-electron chi connectivity index (χ2n) is 5.04. The van der Waals surface area contributed by atoms with Gasteiger partial charge in [-0.05, 0) is 36.4 Å². The molecule has 0 saturated carbocycles. The molecule has 0 bridgehead atoms. The molecule has 0 aliphatic carbocycles. The molecule has 0 aliphatic heterocycles. The van der Waals surface area contributed by atoms with Crippen molar-refractivity contribution in [1.29, 1.82) is 0 Å². The Morgan fingerprint density at radius 2 is 1.46 bits per heavy atom. The molecule has 13 heteroatoms. The van der Waals surface area contributed by atoms with E-state index < -0.39 is 35.0 Å². The highest BCUT2D eigenvalue weighted by Gasteiger charge is 2.20. The monoisotopic (exact) mass is 421 g/mol. The molecule has 0 aliphatic rings. The fraction of sp³-hybridized carbons (Fsp3) is 0.0769. The van der Waals surface area contributed by atoms with Crippen LogP contribution in [0.25, 0.3) is 0 Å². The second kappa shape index (κ2) is 6.85. The number of ether oxygens (including phenoxy) is 1. The number of benzene rings is 2. The van der Waals surface area contributed by atoms with Gasteiger partial charge in [0.25, 0.3) is 10.0 Å². The highest BCUT2D eigenvalue weighted by Crippen LogP contribution is 2.27. The van der Waals surface area contributed by atoms with Gasteiger partial charge in [-0.1, -0.05) is 6.07 Å². The van der Waals surface area contributed by atoms with E-state index in [9.17, 15) is 25.3 Å². The van der Waals surface area contributed by atoms with Crippen LogP contribution >= 0.6 is 0 Å². The van der Waals surface area contributed by atoms with E-state index in [-0.39, 0.29) is 21.2 Å². The molecule has 0 amide bonds. The van der Waals surface area contributed by atoms with Crippen molar-refractivity contribution in [3.05, 3.63) is 42.5 Å². The number of hydrogen-bond acceptors (Lipinski definition) is 7. The van der Waals surface area contributed by atoms with Gasteiger partial charge in [0.15, 0.2) is 0 Å². The molecule has 2 aromatic carbocycles. The Morgan fingerprint density at radius 3 is 2.00 bits per heavy atom. The fourth-order valence-corrected chi connectivity index (χ4v) is 4.45. The molecule has 0 saturated heterocycles. The number of hydrogen-bond donors (Lipinski definition) is 3. The van der Waals surface area contributed by atoms with Crippen LogP contribution in [-0.2, 0) is 30.1 Å². The highest BCUT2D eigenvalue weighted by molar-refractivity contribution is 7.93. The maximum atomic E-state index is 12.4. The van der Waals surface area contributed by atoms with Crippen molar-refractivity contribution < 1.29 is 30.0 Å². The Kier molecular flexibility index (Phi) is 5.30. The largest absolute Gasteiger partial charge is 0.495 e. The quantitative estimate of drug-likeness (QED) is 0.578. The lowest BCUT2D eigenvalue weighted by Crippen LogP contribution is -2.17. The Morgan fingerprint density at radius 1 is 0.846 bits per heavy atom. The number of anilines is 1. The molecule has 5 N–H and O–H groups in total. The van der Waals surface area contributed by atoms with Crippen LogP contribution in [0, 0.1) is 0 Å². The number of primary sulfonamides is 2. The molecular weight excluding hydrogens is 406 g/mol. The number of sulfonamides is 3. The van der Waals surface area contributed by atoms with E-state index in [0.29, 0.717) is 0 Å². The van der Waals surface area contributed by atoms with Crippen molar-refractivity contribution in [2.75, 3.05) is 11.8 Å². The zero-order valence-corrected chi connectivity index (χ0v) is 15.7. The summed E-state index contributed by atoms with van der Waals surface area (Å²) >= 11 is 0. The number of rotatable bonds is 6. The van der Waals surface area contributed by atoms with E-state index in [0.717, 1.165) is 24.3 Å². The van der Waals surface area contributed by atoms with Crippen LogP contribution < -0.4 is 19.7 Å². The van der Waals surface area contributed by atoms with E-state index in [2.05, 4.69) is 4.72 Å². The standard InChI is InChI=1S/C13H15N3O7S3/c1-23-12-6-5-9(7-13(12)25(15,19)20)16-26(21,22)11-4-2-3-10(8-11)24(14,17)18/h2-8,16H,1H3,(H2,14,17,18)(H2,15,19,20). The van der Waals surface area contributed by atoms with Gasteiger partial charge in [-0.25, -0.2) is 35.5 Å². The number of nitrogens with one attached hydrogen (secondary N) is 1. The smallest absolute Gasteiger partial charge is 0.261 e. The molecule has 2 aromatic rings. The number of methoxy groups -OCH3 is 1. The molecule has 0 heterocycles. The molecule has 0 unspecified atom stereocenters. The lowest BCUT2D eigenvalue weighted by Gasteiger charge is -2.12. The molecule has 142 valence electrons. The van der Waals surface area contributed by atoms with Crippen LogP contribution in [0.5, 0.6) is 5.75 Å². The lowest BCUT2D eigenvalue weighted by atomic mass is 10.3. The summed E-state index contributed by atoms with van der Waals surface area (Å²) in [7, 11) is -11.3. The van der Waals surface area contributed by atoms with Crippen molar-refractivity contribution in [2.45, 2.75) is 14.7 Å². The van der Waals surface area contributed by atoms with E-state index >= 15 is 0 Å². The molecule has 2 rings (SSSR count). The van der Waals surface area contributed by atoms with Crippen LogP contribution in [0.15, 0.2) is 57.2 Å². The first-order valence-electron chi connectivity index (χ1n) is 6.71. The summed E-state index contributed by atoms with van der Waals surface area (Å²) in [6, 6.07) is 7.84. The first kappa shape index (κ1) is 20.1. The summed E-state index contributed by atoms with van der Waals surface area (Å²) in [5, 5.41) is 10.1. The SMILES string of the molecule is COc1ccc(NS(=O)(=O)c2cccc(S(N)(=O)=O)c2)cc1S(N)(=O)=O. The van der Waals surface area contributed by atoms with Gasteiger partial charge in [-0.2, -0.15) is 0 Å². The van der Waals surface area contributed by atoms with Gasteiger partial charge in [-0.3, -0.25) is 4.72 Å². The summed E-state index contributed by atoms with van der Waals surface area (Å²) in [6.07, 6.45) is 0. The van der Waals surface area contributed by atoms with E-state index in [1.54, 1.807) is 0 Å². The second-order valence-corrected chi connectivity index (χ2v) is 9.81. The fourth-order valence-electron chi connectivity index (χ4n) is 1.99. The third-order valence-electron chi connectivity index (χ3n) is 3.17. The van der Waals surface area contributed by atoms with Gasteiger partial charge in [-0.15, -0.1) is 0 Å². The maximum Gasteiger partial charge on any atom is 0.261 e. The predicted molar refractivity (Wildman–Crippen MR) is 93.0 cm³/mol. The van der Waals surface area contributed by atoms with Crippen LogP contribution in [0.4, 0.5) is 5.69 Å². The van der Waals surface area contributed by atoms with Crippen LogP contribution in [-0.4, -0.2) is 32.4 Å². The van der Waals surface area contributed by atoms with Crippen molar-refractivity contribution >= 4 is 35.8 Å². The maximum absolute atomic E-state index is 12.4. The molecule has 0 radical (unpaired) electrons. The molecule has 0 fully saturated rings. The minimum absolute atomic E-state index is 0.0633. The van der Waals surface area contributed by atoms with E-state index in [1.807, 2.05) is 0 Å². The van der Waals surface area contributed by atoms with Crippen LogP contribution in [0.1, 0.15) is 0 Å². The zero-order chi connectivity index (χ0) is 19.8. The minimum Gasteiger partial charge on any atom is -0.495 e. The average molecular weight is 421 g/mol. The van der Waals surface area contributed by atoms with Gasteiger partial charge in [0.05, 0.1) is 22.6 Å². The van der Waals surface area contributed by atoms with Crippen molar-refractivity contribution in [2.24, 2.45) is 10.3 Å². The molecule has 26 heavy (non-hydrogen) atoms. The third kappa shape index (κ3) is 4.50. The van der Waals surface area contributed by atoms with Crippen molar-refractivity contribution in [1.82, 2.24) is 0 Å². The Balaban J connectivity index is 2.48.